The van der Waals surface area contributed by atoms with Gasteiger partial charge in [-0.1, -0.05) is 41.9 Å². The van der Waals surface area contributed by atoms with Crippen molar-refractivity contribution in [3.8, 4) is 5.75 Å². The van der Waals surface area contributed by atoms with E-state index in [0.717, 1.165) is 36.5 Å². The Morgan fingerprint density at radius 2 is 2.15 bits per heavy atom. The number of nitrogens with zero attached hydrogens (tertiary/aromatic N) is 1. The number of piperazine rings is 1. The minimum absolute atomic E-state index is 0.00627. The second-order valence-corrected chi connectivity index (χ2v) is 6.78. The molecular weight excluding hydrogens is 350 g/mol. The fourth-order valence-corrected chi connectivity index (χ4v) is 3.48. The number of hydrogen-bond acceptors (Lipinski definition) is 4. The first-order valence-electron chi connectivity index (χ1n) is 8.76. The van der Waals surface area contributed by atoms with Gasteiger partial charge < -0.3 is 15.4 Å². The highest BCUT2D eigenvalue weighted by molar-refractivity contribution is 6.30. The maximum atomic E-state index is 12.5. The Kier molecular flexibility index (Phi) is 6.50. The van der Waals surface area contributed by atoms with Crippen LogP contribution in [0.3, 0.4) is 0 Å². The van der Waals surface area contributed by atoms with Crippen molar-refractivity contribution in [3.63, 3.8) is 0 Å². The van der Waals surface area contributed by atoms with E-state index in [1.807, 2.05) is 42.5 Å². The highest BCUT2D eigenvalue weighted by atomic mass is 35.5. The number of amides is 1. The molecule has 1 aliphatic rings. The summed E-state index contributed by atoms with van der Waals surface area (Å²) in [4.78, 5) is 14.7. The van der Waals surface area contributed by atoms with Crippen molar-refractivity contribution >= 4 is 17.5 Å². The normalized spacial score (nSPS) is 17.7. The van der Waals surface area contributed by atoms with Crippen molar-refractivity contribution in [1.29, 1.82) is 0 Å². The van der Waals surface area contributed by atoms with Gasteiger partial charge in [-0.05, 0) is 23.8 Å². The third-order valence-electron chi connectivity index (χ3n) is 4.58. The SMILES string of the molecule is COc1ccccc1C1CNCCN1CC(=O)NCc1cccc(Cl)c1. The van der Waals surface area contributed by atoms with Crippen molar-refractivity contribution in [2.45, 2.75) is 12.6 Å². The van der Waals surface area contributed by atoms with Crippen LogP contribution in [0.1, 0.15) is 17.2 Å². The Labute approximate surface area is 159 Å². The van der Waals surface area contributed by atoms with Gasteiger partial charge in [-0.25, -0.2) is 0 Å². The molecule has 1 amide bonds. The molecule has 1 heterocycles. The van der Waals surface area contributed by atoms with Gasteiger partial charge in [0.25, 0.3) is 0 Å². The second kappa shape index (κ2) is 9.03. The van der Waals surface area contributed by atoms with Crippen molar-refractivity contribution in [2.24, 2.45) is 0 Å². The first-order valence-corrected chi connectivity index (χ1v) is 9.14. The van der Waals surface area contributed by atoms with E-state index in [1.54, 1.807) is 7.11 Å². The molecule has 1 fully saturated rings. The molecule has 1 saturated heterocycles. The number of carbonyl (C=O) groups excluding carboxylic acids is 1. The summed E-state index contributed by atoms with van der Waals surface area (Å²) >= 11 is 5.99. The van der Waals surface area contributed by atoms with Gasteiger partial charge in [0.2, 0.25) is 5.91 Å². The Balaban J connectivity index is 1.63. The number of ether oxygens (including phenoxy) is 1. The number of rotatable bonds is 6. The van der Waals surface area contributed by atoms with Crippen LogP contribution in [-0.4, -0.2) is 44.1 Å². The Bertz CT molecular complexity index is 753. The Hall–Kier alpha value is -2.08. The van der Waals surface area contributed by atoms with Crippen LogP contribution in [0, 0.1) is 0 Å². The number of methoxy groups -OCH3 is 1. The number of benzene rings is 2. The lowest BCUT2D eigenvalue weighted by molar-refractivity contribution is -0.123. The molecule has 1 atom stereocenters. The van der Waals surface area contributed by atoms with Crippen LogP contribution in [0.25, 0.3) is 0 Å². The largest absolute Gasteiger partial charge is 0.496 e. The first-order chi connectivity index (χ1) is 12.7. The summed E-state index contributed by atoms with van der Waals surface area (Å²) in [5.41, 5.74) is 2.09. The number of carbonyl (C=O) groups is 1. The monoisotopic (exact) mass is 373 g/mol. The van der Waals surface area contributed by atoms with Gasteiger partial charge in [-0.2, -0.15) is 0 Å². The molecule has 1 aliphatic heterocycles. The average Bonchev–Trinajstić information content (AvgIpc) is 2.67. The summed E-state index contributed by atoms with van der Waals surface area (Å²) in [5.74, 6) is 0.859. The molecule has 3 rings (SSSR count). The van der Waals surface area contributed by atoms with Gasteiger partial charge in [-0.3, -0.25) is 9.69 Å². The molecule has 2 aromatic carbocycles. The van der Waals surface area contributed by atoms with Crippen molar-refractivity contribution in [2.75, 3.05) is 33.3 Å². The molecule has 0 radical (unpaired) electrons. The molecule has 138 valence electrons. The van der Waals surface area contributed by atoms with Crippen molar-refractivity contribution < 1.29 is 9.53 Å². The fraction of sp³-hybridized carbons (Fsp3) is 0.350. The van der Waals surface area contributed by atoms with E-state index >= 15 is 0 Å². The summed E-state index contributed by atoms with van der Waals surface area (Å²) in [6, 6.07) is 15.6. The van der Waals surface area contributed by atoms with Crippen LogP contribution in [0.2, 0.25) is 5.02 Å². The molecule has 2 aromatic rings. The summed E-state index contributed by atoms with van der Waals surface area (Å²) in [7, 11) is 1.68. The predicted molar refractivity (Wildman–Crippen MR) is 103 cm³/mol. The van der Waals surface area contributed by atoms with E-state index in [1.165, 1.54) is 0 Å². The molecular formula is C20H24ClN3O2. The van der Waals surface area contributed by atoms with Crippen LogP contribution in [0.15, 0.2) is 48.5 Å². The minimum Gasteiger partial charge on any atom is -0.496 e. The lowest BCUT2D eigenvalue weighted by Crippen LogP contribution is -2.49. The zero-order valence-corrected chi connectivity index (χ0v) is 15.6. The molecule has 2 N–H and O–H groups in total. The molecule has 1 unspecified atom stereocenters. The van der Waals surface area contributed by atoms with E-state index in [9.17, 15) is 4.79 Å². The molecule has 5 nitrogen and oxygen atoms in total. The molecule has 6 heteroatoms. The van der Waals surface area contributed by atoms with E-state index in [0.29, 0.717) is 18.1 Å². The topological polar surface area (TPSA) is 53.6 Å². The summed E-state index contributed by atoms with van der Waals surface area (Å²) < 4.78 is 5.50. The molecule has 0 aromatic heterocycles. The highest BCUT2D eigenvalue weighted by Gasteiger charge is 2.27. The average molecular weight is 374 g/mol. The lowest BCUT2D eigenvalue weighted by atomic mass is 10.0. The second-order valence-electron chi connectivity index (χ2n) is 6.34. The molecule has 0 aliphatic carbocycles. The number of para-hydroxylation sites is 1. The smallest absolute Gasteiger partial charge is 0.234 e. The van der Waals surface area contributed by atoms with E-state index in [2.05, 4.69) is 21.6 Å². The maximum absolute atomic E-state index is 12.5. The lowest BCUT2D eigenvalue weighted by Gasteiger charge is -2.36. The Morgan fingerprint density at radius 1 is 1.31 bits per heavy atom. The molecule has 0 bridgehead atoms. The van der Waals surface area contributed by atoms with Crippen molar-refractivity contribution in [1.82, 2.24) is 15.5 Å². The third kappa shape index (κ3) is 4.75. The minimum atomic E-state index is 0.00627. The fourth-order valence-electron chi connectivity index (χ4n) is 3.27. The number of nitrogens with one attached hydrogen (secondary N) is 2. The molecule has 26 heavy (non-hydrogen) atoms. The summed E-state index contributed by atoms with van der Waals surface area (Å²) in [5, 5.41) is 7.07. The molecule has 0 spiro atoms. The standard InChI is InChI=1S/C20H24ClN3O2/c1-26-19-8-3-2-7-17(19)18-13-22-9-10-24(18)14-20(25)23-12-15-5-4-6-16(21)11-15/h2-8,11,18,22H,9-10,12-14H2,1H3,(H,23,25). The zero-order chi connectivity index (χ0) is 18.4. The van der Waals surface area contributed by atoms with E-state index < -0.39 is 0 Å². The van der Waals surface area contributed by atoms with Crippen LogP contribution in [0.4, 0.5) is 0 Å². The molecule has 0 saturated carbocycles. The Morgan fingerprint density at radius 3 is 2.96 bits per heavy atom. The van der Waals surface area contributed by atoms with Gasteiger partial charge in [-0.15, -0.1) is 0 Å². The van der Waals surface area contributed by atoms with Crippen LogP contribution >= 0.6 is 11.6 Å². The summed E-state index contributed by atoms with van der Waals surface area (Å²) in [6.45, 7) is 3.30. The number of halogens is 1. The predicted octanol–water partition coefficient (Wildman–Crippen LogP) is 2.61. The van der Waals surface area contributed by atoms with Gasteiger partial charge in [0, 0.05) is 36.8 Å². The third-order valence-corrected chi connectivity index (χ3v) is 4.81. The van der Waals surface area contributed by atoms with Crippen LogP contribution < -0.4 is 15.4 Å². The first kappa shape index (κ1) is 18.7. The van der Waals surface area contributed by atoms with E-state index in [-0.39, 0.29) is 11.9 Å². The van der Waals surface area contributed by atoms with E-state index in [4.69, 9.17) is 16.3 Å². The van der Waals surface area contributed by atoms with Crippen LogP contribution in [0.5, 0.6) is 5.75 Å². The summed E-state index contributed by atoms with van der Waals surface area (Å²) in [6.07, 6.45) is 0. The maximum Gasteiger partial charge on any atom is 0.234 e. The quantitative estimate of drug-likeness (QED) is 0.817. The van der Waals surface area contributed by atoms with Gasteiger partial charge in [0.1, 0.15) is 5.75 Å². The number of hydrogen-bond donors (Lipinski definition) is 2. The van der Waals surface area contributed by atoms with Gasteiger partial charge >= 0.3 is 0 Å². The van der Waals surface area contributed by atoms with Crippen LogP contribution in [-0.2, 0) is 11.3 Å². The van der Waals surface area contributed by atoms with Crippen molar-refractivity contribution in [3.05, 3.63) is 64.7 Å². The van der Waals surface area contributed by atoms with Gasteiger partial charge in [0.15, 0.2) is 0 Å². The van der Waals surface area contributed by atoms with Gasteiger partial charge in [0.05, 0.1) is 19.7 Å². The zero-order valence-electron chi connectivity index (χ0n) is 14.9. The highest BCUT2D eigenvalue weighted by Crippen LogP contribution is 2.29.